The fourth-order valence-electron chi connectivity index (χ4n) is 1.87. The topological polar surface area (TPSA) is 36.4 Å². The first-order valence-corrected chi connectivity index (χ1v) is 5.32. The van der Waals surface area contributed by atoms with Crippen LogP contribution in [0.2, 0.25) is 0 Å². The lowest BCUT2D eigenvalue weighted by atomic mass is 9.99. The van der Waals surface area contributed by atoms with Crippen LogP contribution in [-0.2, 0) is 6.42 Å². The van der Waals surface area contributed by atoms with E-state index in [2.05, 4.69) is 47.9 Å². The van der Waals surface area contributed by atoms with E-state index >= 15 is 0 Å². The lowest BCUT2D eigenvalue weighted by molar-refractivity contribution is 0.529. The fourth-order valence-corrected chi connectivity index (χ4v) is 1.87. The molecule has 1 aromatic carbocycles. The molecule has 3 nitrogen and oxygen atoms in total. The summed E-state index contributed by atoms with van der Waals surface area (Å²) >= 11 is 0. The van der Waals surface area contributed by atoms with Gasteiger partial charge in [-0.3, -0.25) is 4.99 Å². The largest absolute Gasteiger partial charge is 0.312 e. The highest BCUT2D eigenvalue weighted by atomic mass is 15.4. The van der Waals surface area contributed by atoms with Crippen LogP contribution < -0.4 is 10.9 Å². The van der Waals surface area contributed by atoms with Crippen LogP contribution >= 0.6 is 0 Å². The molecule has 0 saturated heterocycles. The maximum Gasteiger partial charge on any atom is 0.0970 e. The van der Waals surface area contributed by atoms with E-state index in [4.69, 9.17) is 0 Å². The first kappa shape index (κ1) is 10.2. The second kappa shape index (κ2) is 4.45. The average molecular weight is 203 g/mol. The summed E-state index contributed by atoms with van der Waals surface area (Å²) in [5.74, 6) is 0. The maximum atomic E-state index is 4.39. The zero-order valence-electron chi connectivity index (χ0n) is 9.25. The van der Waals surface area contributed by atoms with E-state index in [1.165, 1.54) is 16.7 Å². The number of nitrogens with zero attached hydrogens (tertiary/aromatic N) is 1. The molecular weight excluding hydrogens is 186 g/mol. The Labute approximate surface area is 90.6 Å². The molecule has 0 saturated carbocycles. The number of nitrogens with one attached hydrogen (secondary N) is 2. The first-order chi connectivity index (χ1) is 7.25. The van der Waals surface area contributed by atoms with Crippen molar-refractivity contribution in [2.45, 2.75) is 26.3 Å². The third kappa shape index (κ3) is 2.57. The number of hydrazine groups is 1. The Kier molecular flexibility index (Phi) is 3.02. The Morgan fingerprint density at radius 3 is 2.93 bits per heavy atom. The highest BCUT2D eigenvalue weighted by molar-refractivity contribution is 5.54. The van der Waals surface area contributed by atoms with Crippen LogP contribution in [0.1, 0.15) is 16.7 Å². The number of hydrogen-bond donors (Lipinski definition) is 2. The molecule has 1 unspecified atom stereocenters. The van der Waals surface area contributed by atoms with Crippen molar-refractivity contribution in [2.24, 2.45) is 4.99 Å². The van der Waals surface area contributed by atoms with Crippen LogP contribution in [0, 0.1) is 13.8 Å². The van der Waals surface area contributed by atoms with Gasteiger partial charge in [-0.2, -0.15) is 0 Å². The average Bonchev–Trinajstić information content (AvgIpc) is 2.24. The van der Waals surface area contributed by atoms with Crippen molar-refractivity contribution < 1.29 is 0 Å². The van der Waals surface area contributed by atoms with E-state index in [-0.39, 0.29) is 0 Å². The Balaban J connectivity index is 2.09. The molecule has 1 heterocycles. The van der Waals surface area contributed by atoms with Crippen molar-refractivity contribution in [3.8, 4) is 0 Å². The minimum atomic E-state index is 0.354. The standard InChI is InChI=1S/C12H17N3/c1-9-3-4-11(10(2)5-9)6-12-7-14-15-8-13-12/h3-5,8,12,14H,6-7H2,1-2H3,(H,13,15). The van der Waals surface area contributed by atoms with Crippen molar-refractivity contribution in [3.05, 3.63) is 34.9 Å². The predicted molar refractivity (Wildman–Crippen MR) is 63.0 cm³/mol. The van der Waals surface area contributed by atoms with Gasteiger partial charge in [0.25, 0.3) is 0 Å². The zero-order chi connectivity index (χ0) is 10.7. The number of benzene rings is 1. The molecule has 80 valence electrons. The second-order valence-corrected chi connectivity index (χ2v) is 4.09. The van der Waals surface area contributed by atoms with E-state index < -0.39 is 0 Å². The first-order valence-electron chi connectivity index (χ1n) is 5.32. The minimum Gasteiger partial charge on any atom is -0.312 e. The van der Waals surface area contributed by atoms with Gasteiger partial charge in [0.15, 0.2) is 0 Å². The molecule has 0 radical (unpaired) electrons. The van der Waals surface area contributed by atoms with Gasteiger partial charge < -0.3 is 5.43 Å². The summed E-state index contributed by atoms with van der Waals surface area (Å²) in [5.41, 5.74) is 10.1. The molecule has 0 amide bonds. The Morgan fingerprint density at radius 2 is 2.27 bits per heavy atom. The van der Waals surface area contributed by atoms with E-state index in [1.807, 2.05) is 0 Å². The van der Waals surface area contributed by atoms with E-state index in [0.29, 0.717) is 6.04 Å². The summed E-state index contributed by atoms with van der Waals surface area (Å²) < 4.78 is 0. The van der Waals surface area contributed by atoms with E-state index in [9.17, 15) is 0 Å². The smallest absolute Gasteiger partial charge is 0.0970 e. The van der Waals surface area contributed by atoms with Crippen molar-refractivity contribution in [2.75, 3.05) is 6.54 Å². The summed E-state index contributed by atoms with van der Waals surface area (Å²) in [7, 11) is 0. The second-order valence-electron chi connectivity index (χ2n) is 4.09. The molecule has 0 fully saturated rings. The van der Waals surface area contributed by atoms with Crippen LogP contribution in [0.4, 0.5) is 0 Å². The number of aliphatic imine (C=N–C) groups is 1. The van der Waals surface area contributed by atoms with Gasteiger partial charge in [0.2, 0.25) is 0 Å². The summed E-state index contributed by atoms with van der Waals surface area (Å²) in [6.07, 6.45) is 2.75. The Bertz CT molecular complexity index is 371. The highest BCUT2D eigenvalue weighted by Gasteiger charge is 2.10. The van der Waals surface area contributed by atoms with Gasteiger partial charge in [0.05, 0.1) is 12.4 Å². The molecule has 0 spiro atoms. The van der Waals surface area contributed by atoms with Crippen LogP contribution in [0.3, 0.4) is 0 Å². The van der Waals surface area contributed by atoms with Gasteiger partial charge in [-0.05, 0) is 31.4 Å². The van der Waals surface area contributed by atoms with Gasteiger partial charge in [0, 0.05) is 6.54 Å². The lowest BCUT2D eigenvalue weighted by Crippen LogP contribution is -2.42. The van der Waals surface area contributed by atoms with Crippen LogP contribution in [0.5, 0.6) is 0 Å². The third-order valence-corrected chi connectivity index (χ3v) is 2.74. The predicted octanol–water partition coefficient (Wildman–Crippen LogP) is 1.35. The molecule has 1 atom stereocenters. The number of aryl methyl sites for hydroxylation is 2. The fraction of sp³-hybridized carbons (Fsp3) is 0.417. The molecule has 2 N–H and O–H groups in total. The van der Waals surface area contributed by atoms with E-state index in [1.54, 1.807) is 6.34 Å². The minimum absolute atomic E-state index is 0.354. The maximum absolute atomic E-state index is 4.39. The SMILES string of the molecule is Cc1ccc(CC2CNNC=N2)c(C)c1. The third-order valence-electron chi connectivity index (χ3n) is 2.74. The van der Waals surface area contributed by atoms with Crippen molar-refractivity contribution in [3.63, 3.8) is 0 Å². The van der Waals surface area contributed by atoms with Crippen molar-refractivity contribution in [1.29, 1.82) is 0 Å². The summed E-state index contributed by atoms with van der Waals surface area (Å²) in [5, 5.41) is 0. The number of rotatable bonds is 2. The summed E-state index contributed by atoms with van der Waals surface area (Å²) in [4.78, 5) is 4.39. The Hall–Kier alpha value is -1.35. The van der Waals surface area contributed by atoms with Gasteiger partial charge >= 0.3 is 0 Å². The molecule has 0 aromatic heterocycles. The summed E-state index contributed by atoms with van der Waals surface area (Å²) in [6.45, 7) is 5.19. The Morgan fingerprint density at radius 1 is 1.40 bits per heavy atom. The van der Waals surface area contributed by atoms with Crippen molar-refractivity contribution in [1.82, 2.24) is 10.9 Å². The van der Waals surface area contributed by atoms with Gasteiger partial charge in [-0.25, -0.2) is 5.43 Å². The molecule has 15 heavy (non-hydrogen) atoms. The van der Waals surface area contributed by atoms with Crippen LogP contribution in [0.15, 0.2) is 23.2 Å². The van der Waals surface area contributed by atoms with Crippen LogP contribution in [-0.4, -0.2) is 18.9 Å². The molecule has 3 heteroatoms. The zero-order valence-corrected chi connectivity index (χ0v) is 9.25. The normalized spacial score (nSPS) is 20.0. The highest BCUT2D eigenvalue weighted by Crippen LogP contribution is 2.13. The molecule has 1 aliphatic heterocycles. The van der Waals surface area contributed by atoms with Gasteiger partial charge in [-0.1, -0.05) is 23.8 Å². The molecule has 0 aliphatic carbocycles. The van der Waals surface area contributed by atoms with E-state index in [0.717, 1.165) is 13.0 Å². The molecule has 2 rings (SSSR count). The molecular formula is C12H17N3. The molecule has 0 bridgehead atoms. The lowest BCUT2D eigenvalue weighted by Gasteiger charge is -2.18. The van der Waals surface area contributed by atoms with Gasteiger partial charge in [0.1, 0.15) is 0 Å². The van der Waals surface area contributed by atoms with Gasteiger partial charge in [-0.15, -0.1) is 0 Å². The number of hydrogen-bond acceptors (Lipinski definition) is 3. The summed E-state index contributed by atoms with van der Waals surface area (Å²) in [6, 6.07) is 6.96. The van der Waals surface area contributed by atoms with Crippen LogP contribution in [0.25, 0.3) is 0 Å². The van der Waals surface area contributed by atoms with Crippen molar-refractivity contribution >= 4 is 6.34 Å². The molecule has 1 aromatic rings. The monoisotopic (exact) mass is 203 g/mol. The quantitative estimate of drug-likeness (QED) is 0.761. The molecule has 1 aliphatic rings.